The molecule has 2 rings (SSSR count). The van der Waals surface area contributed by atoms with Gasteiger partial charge in [-0.25, -0.2) is 0 Å². The normalized spacial score (nSPS) is 22.9. The first-order valence-corrected chi connectivity index (χ1v) is 7.19. The average molecular weight is 260 g/mol. The molecular formula is C16H24N2O. The van der Waals surface area contributed by atoms with E-state index in [2.05, 4.69) is 30.5 Å². The SMILES string of the molecule is CC(=O)Nc1ccc(C)c(NC2CCCC(C)C2)c1. The third kappa shape index (κ3) is 3.98. The molecule has 1 aromatic rings. The molecule has 2 unspecified atom stereocenters. The van der Waals surface area contributed by atoms with Gasteiger partial charge in [-0.05, 0) is 43.4 Å². The first kappa shape index (κ1) is 13.9. The van der Waals surface area contributed by atoms with E-state index in [-0.39, 0.29) is 5.91 Å². The fourth-order valence-corrected chi connectivity index (χ4v) is 2.84. The van der Waals surface area contributed by atoms with Gasteiger partial charge in [0.15, 0.2) is 0 Å². The number of anilines is 2. The maximum Gasteiger partial charge on any atom is 0.221 e. The van der Waals surface area contributed by atoms with Crippen LogP contribution in [0.15, 0.2) is 18.2 Å². The number of aryl methyl sites for hydroxylation is 1. The van der Waals surface area contributed by atoms with Crippen LogP contribution in [-0.2, 0) is 4.79 Å². The summed E-state index contributed by atoms with van der Waals surface area (Å²) >= 11 is 0. The van der Waals surface area contributed by atoms with Crippen molar-refractivity contribution in [1.29, 1.82) is 0 Å². The highest BCUT2D eigenvalue weighted by Crippen LogP contribution is 2.28. The van der Waals surface area contributed by atoms with E-state index >= 15 is 0 Å². The summed E-state index contributed by atoms with van der Waals surface area (Å²) in [5, 5.41) is 6.48. The average Bonchev–Trinajstić information content (AvgIpc) is 2.33. The number of carbonyl (C=O) groups excluding carboxylic acids is 1. The van der Waals surface area contributed by atoms with E-state index in [9.17, 15) is 4.79 Å². The number of carbonyl (C=O) groups is 1. The molecule has 2 atom stereocenters. The van der Waals surface area contributed by atoms with Gasteiger partial charge in [-0.2, -0.15) is 0 Å². The molecule has 1 aliphatic carbocycles. The van der Waals surface area contributed by atoms with Crippen molar-refractivity contribution in [2.75, 3.05) is 10.6 Å². The molecule has 1 aromatic carbocycles. The topological polar surface area (TPSA) is 41.1 Å². The van der Waals surface area contributed by atoms with Gasteiger partial charge in [-0.15, -0.1) is 0 Å². The summed E-state index contributed by atoms with van der Waals surface area (Å²) in [7, 11) is 0. The maximum absolute atomic E-state index is 11.1. The highest BCUT2D eigenvalue weighted by atomic mass is 16.1. The van der Waals surface area contributed by atoms with Crippen LogP contribution in [0.2, 0.25) is 0 Å². The predicted octanol–water partition coefficient (Wildman–Crippen LogP) is 3.94. The molecule has 0 radical (unpaired) electrons. The summed E-state index contributed by atoms with van der Waals surface area (Å²) in [6.07, 6.45) is 5.14. The number of nitrogens with one attached hydrogen (secondary N) is 2. The monoisotopic (exact) mass is 260 g/mol. The maximum atomic E-state index is 11.1. The molecule has 0 aromatic heterocycles. The van der Waals surface area contributed by atoms with Gasteiger partial charge in [-0.1, -0.05) is 25.8 Å². The molecule has 0 saturated heterocycles. The molecule has 3 nitrogen and oxygen atoms in total. The third-order valence-corrected chi connectivity index (χ3v) is 3.85. The summed E-state index contributed by atoms with van der Waals surface area (Å²) in [5.74, 6) is 0.783. The molecule has 0 spiro atoms. The predicted molar refractivity (Wildman–Crippen MR) is 80.5 cm³/mol. The fourth-order valence-electron chi connectivity index (χ4n) is 2.84. The molecule has 1 aliphatic rings. The third-order valence-electron chi connectivity index (χ3n) is 3.85. The number of amides is 1. The van der Waals surface area contributed by atoms with E-state index in [0.29, 0.717) is 6.04 Å². The van der Waals surface area contributed by atoms with Crippen LogP contribution in [0.4, 0.5) is 11.4 Å². The zero-order valence-electron chi connectivity index (χ0n) is 12.1. The lowest BCUT2D eigenvalue weighted by molar-refractivity contribution is -0.114. The van der Waals surface area contributed by atoms with Gasteiger partial charge in [0.2, 0.25) is 5.91 Å². The number of rotatable bonds is 3. The summed E-state index contributed by atoms with van der Waals surface area (Å²) in [6.45, 7) is 5.97. The van der Waals surface area contributed by atoms with Crippen LogP contribution in [0.1, 0.15) is 45.1 Å². The Balaban J connectivity index is 2.07. The van der Waals surface area contributed by atoms with E-state index < -0.39 is 0 Å². The lowest BCUT2D eigenvalue weighted by atomic mass is 9.87. The first-order valence-electron chi connectivity index (χ1n) is 7.19. The molecule has 0 aliphatic heterocycles. The van der Waals surface area contributed by atoms with Gasteiger partial charge in [-0.3, -0.25) is 4.79 Å². The van der Waals surface area contributed by atoms with Crippen molar-refractivity contribution < 1.29 is 4.79 Å². The molecule has 104 valence electrons. The number of hydrogen-bond donors (Lipinski definition) is 2. The van der Waals surface area contributed by atoms with Crippen molar-refractivity contribution >= 4 is 17.3 Å². The van der Waals surface area contributed by atoms with Gasteiger partial charge < -0.3 is 10.6 Å². The second-order valence-electron chi connectivity index (χ2n) is 5.82. The highest BCUT2D eigenvalue weighted by Gasteiger charge is 2.19. The van der Waals surface area contributed by atoms with Crippen LogP contribution in [0, 0.1) is 12.8 Å². The van der Waals surface area contributed by atoms with Gasteiger partial charge in [0.25, 0.3) is 0 Å². The lowest BCUT2D eigenvalue weighted by Gasteiger charge is -2.29. The van der Waals surface area contributed by atoms with Crippen molar-refractivity contribution in [1.82, 2.24) is 0 Å². The van der Waals surface area contributed by atoms with Gasteiger partial charge >= 0.3 is 0 Å². The molecular weight excluding hydrogens is 236 g/mol. The molecule has 19 heavy (non-hydrogen) atoms. The zero-order chi connectivity index (χ0) is 13.8. The fraction of sp³-hybridized carbons (Fsp3) is 0.562. The Kier molecular flexibility index (Phi) is 4.46. The highest BCUT2D eigenvalue weighted by molar-refractivity contribution is 5.89. The van der Waals surface area contributed by atoms with Crippen LogP contribution in [0.3, 0.4) is 0 Å². The second-order valence-corrected chi connectivity index (χ2v) is 5.82. The first-order chi connectivity index (χ1) is 9.04. The van der Waals surface area contributed by atoms with Crippen LogP contribution in [-0.4, -0.2) is 11.9 Å². The zero-order valence-corrected chi connectivity index (χ0v) is 12.1. The summed E-state index contributed by atoms with van der Waals surface area (Å²) in [4.78, 5) is 11.1. The van der Waals surface area contributed by atoms with Gasteiger partial charge in [0.05, 0.1) is 0 Å². The number of benzene rings is 1. The Hall–Kier alpha value is -1.51. The van der Waals surface area contributed by atoms with E-state index in [1.807, 2.05) is 12.1 Å². The molecule has 1 amide bonds. The molecule has 1 fully saturated rings. The molecule has 3 heteroatoms. The van der Waals surface area contributed by atoms with Crippen LogP contribution in [0.5, 0.6) is 0 Å². The Morgan fingerprint density at radius 1 is 1.32 bits per heavy atom. The quantitative estimate of drug-likeness (QED) is 0.864. The molecule has 1 saturated carbocycles. The lowest BCUT2D eigenvalue weighted by Crippen LogP contribution is -2.26. The van der Waals surface area contributed by atoms with E-state index in [0.717, 1.165) is 17.3 Å². The largest absolute Gasteiger partial charge is 0.382 e. The van der Waals surface area contributed by atoms with Crippen molar-refractivity contribution in [3.63, 3.8) is 0 Å². The van der Waals surface area contributed by atoms with Crippen LogP contribution >= 0.6 is 0 Å². The minimum absolute atomic E-state index is 0.0268. The van der Waals surface area contributed by atoms with E-state index in [4.69, 9.17) is 0 Å². The van der Waals surface area contributed by atoms with Crippen molar-refractivity contribution in [2.24, 2.45) is 5.92 Å². The second kappa shape index (κ2) is 6.09. The number of hydrogen-bond acceptors (Lipinski definition) is 2. The van der Waals surface area contributed by atoms with Crippen molar-refractivity contribution in [3.05, 3.63) is 23.8 Å². The van der Waals surface area contributed by atoms with Crippen molar-refractivity contribution in [3.8, 4) is 0 Å². The minimum Gasteiger partial charge on any atom is -0.382 e. The van der Waals surface area contributed by atoms with Crippen LogP contribution in [0.25, 0.3) is 0 Å². The molecule has 0 bridgehead atoms. The smallest absolute Gasteiger partial charge is 0.221 e. The summed E-state index contributed by atoms with van der Waals surface area (Å²) < 4.78 is 0. The van der Waals surface area contributed by atoms with Crippen molar-refractivity contribution in [2.45, 2.75) is 52.5 Å². The van der Waals surface area contributed by atoms with Gasteiger partial charge in [0, 0.05) is 24.3 Å². The Labute approximate surface area is 115 Å². The Morgan fingerprint density at radius 2 is 2.11 bits per heavy atom. The summed E-state index contributed by atoms with van der Waals surface area (Å²) in [5.41, 5.74) is 3.24. The van der Waals surface area contributed by atoms with E-state index in [1.54, 1.807) is 0 Å². The van der Waals surface area contributed by atoms with Crippen LogP contribution < -0.4 is 10.6 Å². The minimum atomic E-state index is -0.0268. The Morgan fingerprint density at radius 3 is 2.79 bits per heavy atom. The summed E-state index contributed by atoms with van der Waals surface area (Å²) in [6, 6.07) is 6.61. The van der Waals surface area contributed by atoms with Gasteiger partial charge in [0.1, 0.15) is 0 Å². The standard InChI is InChI=1S/C16H24N2O/c1-11-5-4-6-14(9-11)18-16-10-15(17-13(3)19)8-7-12(16)2/h7-8,10-11,14,18H,4-6,9H2,1-3H3,(H,17,19). The Bertz CT molecular complexity index is 456. The molecule has 0 heterocycles. The van der Waals surface area contributed by atoms with E-state index in [1.165, 1.54) is 38.2 Å². The molecule has 2 N–H and O–H groups in total.